The van der Waals surface area contributed by atoms with Gasteiger partial charge in [-0.05, 0) is 146 Å². The highest BCUT2D eigenvalue weighted by molar-refractivity contribution is 7.89. The Kier molecular flexibility index (Phi) is 23.3. The summed E-state index contributed by atoms with van der Waals surface area (Å²) in [7, 11) is -0.832. The van der Waals surface area contributed by atoms with E-state index in [2.05, 4.69) is 30.9 Å². The van der Waals surface area contributed by atoms with Gasteiger partial charge in [0, 0.05) is 26.2 Å². The third kappa shape index (κ3) is 17.3. The molecule has 0 saturated carbocycles. The summed E-state index contributed by atoms with van der Waals surface area (Å²) in [5.41, 5.74) is -1.03. The lowest BCUT2D eigenvalue weighted by molar-refractivity contribution is -0.140. The number of benzene rings is 8. The predicted molar refractivity (Wildman–Crippen MR) is 343 cm³/mol. The lowest BCUT2D eigenvalue weighted by Gasteiger charge is -2.27. The van der Waals surface area contributed by atoms with Crippen molar-refractivity contribution in [3.8, 4) is 68.8 Å². The molecule has 510 valence electrons. The molecule has 2 N–H and O–H groups in total. The highest BCUT2D eigenvalue weighted by Gasteiger charge is 2.45. The summed E-state index contributed by atoms with van der Waals surface area (Å²) in [4.78, 5) is -1.25. The quantitative estimate of drug-likeness (QED) is 0.0341. The molecule has 8 aromatic carbocycles. The van der Waals surface area contributed by atoms with E-state index in [1.807, 2.05) is 0 Å². The number of tetrazole rings is 2. The molecule has 34 heteroatoms. The summed E-state index contributed by atoms with van der Waals surface area (Å²) >= 11 is 0. The van der Waals surface area contributed by atoms with Gasteiger partial charge in [0.1, 0.15) is 55.8 Å². The molecular weight excluding hydrogens is 1330 g/mol. The van der Waals surface area contributed by atoms with E-state index >= 15 is 0 Å². The van der Waals surface area contributed by atoms with Crippen LogP contribution in [0.5, 0.6) is 46.0 Å². The minimum absolute atomic E-state index is 0.0431. The van der Waals surface area contributed by atoms with Crippen LogP contribution in [0, 0.1) is 0 Å². The Hall–Kier alpha value is -10.3. The van der Waals surface area contributed by atoms with Crippen molar-refractivity contribution in [2.45, 2.75) is 61.4 Å². The van der Waals surface area contributed by atoms with Gasteiger partial charge in [-0.1, -0.05) is 72.8 Å². The Morgan fingerprint density at radius 1 is 0.418 bits per heavy atom. The molecule has 0 unspecified atom stereocenters. The van der Waals surface area contributed by atoms with Crippen LogP contribution in [0.25, 0.3) is 22.8 Å². The maximum absolute atomic E-state index is 14.8. The average Bonchev–Trinajstić information content (AvgIpc) is 1.08. The van der Waals surface area contributed by atoms with Gasteiger partial charge in [0.2, 0.25) is 25.9 Å². The number of ether oxygens (including phenoxy) is 6. The van der Waals surface area contributed by atoms with E-state index in [1.54, 1.807) is 146 Å². The fourth-order valence-corrected chi connectivity index (χ4v) is 13.6. The fraction of sp³-hybridized carbons (Fsp3) is 0.219. The van der Waals surface area contributed by atoms with E-state index in [0.717, 1.165) is 30.2 Å². The van der Waals surface area contributed by atoms with E-state index in [-0.39, 0.29) is 60.5 Å². The summed E-state index contributed by atoms with van der Waals surface area (Å²) in [6.45, 7) is -1.34. The van der Waals surface area contributed by atoms with Gasteiger partial charge in [0.15, 0.2) is 5.82 Å². The van der Waals surface area contributed by atoms with E-state index in [1.165, 1.54) is 42.7 Å². The van der Waals surface area contributed by atoms with E-state index < -0.39 is 81.8 Å². The number of sulfonamides is 2. The first-order valence-corrected chi connectivity index (χ1v) is 31.9. The van der Waals surface area contributed by atoms with Crippen molar-refractivity contribution in [1.82, 2.24) is 49.0 Å². The second-order valence-corrected chi connectivity index (χ2v) is 24.8. The van der Waals surface area contributed by atoms with Gasteiger partial charge in [-0.15, -0.1) is 15.3 Å². The van der Waals surface area contributed by atoms with Crippen LogP contribution in [0.4, 0.5) is 26.3 Å². The molecule has 10 aromatic rings. The van der Waals surface area contributed by atoms with Gasteiger partial charge in [-0.2, -0.15) is 39.7 Å². The van der Waals surface area contributed by atoms with Gasteiger partial charge in [-0.25, -0.2) is 21.5 Å². The molecule has 2 radical (unpaired) electrons. The fourth-order valence-electron chi connectivity index (χ4n) is 9.99. The number of aromatic nitrogens is 8. The smallest absolute Gasteiger partial charge is 0.537 e. The normalized spacial score (nSPS) is 11.8. The van der Waals surface area contributed by atoms with Gasteiger partial charge in [0.05, 0.1) is 78.0 Å². The van der Waals surface area contributed by atoms with Gasteiger partial charge >= 0.3 is 27.7 Å². The second kappa shape index (κ2) is 31.7. The highest BCUT2D eigenvalue weighted by atomic mass is 32.2. The Morgan fingerprint density at radius 3 is 1.06 bits per heavy atom. The first kappa shape index (κ1) is 72.0. The van der Waals surface area contributed by atoms with Crippen LogP contribution in [0.3, 0.4) is 0 Å². The van der Waals surface area contributed by atoms with E-state index in [0.29, 0.717) is 80.0 Å². The van der Waals surface area contributed by atoms with Crippen LogP contribution in [-0.2, 0) is 71.7 Å². The van der Waals surface area contributed by atoms with Crippen LogP contribution in [0.2, 0.25) is 0 Å². The lowest BCUT2D eigenvalue weighted by atomic mass is 10.1. The van der Waals surface area contributed by atoms with E-state index in [9.17, 15) is 53.2 Å². The predicted octanol–water partition coefficient (Wildman–Crippen LogP) is 9.46. The SMILES string of the molecule is COc1ccc(CN(Cc2ccc(OC)cc2)S(=O)(=O)c2c(C(F)(F)F)ccc(O[B]O)c2-c2nnn(Cc3ccc(OC)cc3)n2)cc1.COc1ccc(CN(Cc2ccc(OC)cc2)S(=O)(=O)c2c(C(F)(F)F)ccc(O[B]O)c2-c2nnnn2Cc2ccc(OC)cc2)cc1. The standard InChI is InChI=1S/2C32H30BF3N5O7S/c1-45-24-10-4-21(5-11-24)18-40(19-22-6-12-25(46-2)13-7-22)49(43,44)30-27(32(34,35)36)16-17-28(48-33-42)29(30)31-37-38-39-41(31)20-23-8-14-26(47-3)15-9-23;1-45-24-10-4-21(5-11-24)18-40(19-22-6-12-25(46-2)13-7-22)49(43,44)30-27(32(34,35)36)16-17-28(48-33-42)29(30)31-37-39-41(38-31)20-23-8-14-26(47-3)15-9-23/h2*4-17,42H,18-20H2,1-3H3. The minimum Gasteiger partial charge on any atom is -0.537 e. The molecule has 2 aromatic heterocycles. The Labute approximate surface area is 560 Å². The Balaban J connectivity index is 0.000000229. The number of alkyl halides is 6. The molecule has 0 atom stereocenters. The van der Waals surface area contributed by atoms with Gasteiger partial charge in [-0.3, -0.25) is 0 Å². The molecule has 0 fully saturated rings. The molecule has 0 aliphatic rings. The van der Waals surface area contributed by atoms with Crippen molar-refractivity contribution >= 4 is 35.4 Å². The zero-order valence-electron chi connectivity index (χ0n) is 52.9. The van der Waals surface area contributed by atoms with Crippen LogP contribution in [-0.4, -0.2) is 134 Å². The number of nitrogens with zero attached hydrogens (tertiary/aromatic N) is 10. The average molecular weight is 1390 g/mol. The summed E-state index contributed by atoms with van der Waals surface area (Å²) in [5, 5.41) is 42.8. The third-order valence-electron chi connectivity index (χ3n) is 14.9. The van der Waals surface area contributed by atoms with Crippen LogP contribution in [0.1, 0.15) is 44.5 Å². The number of rotatable bonds is 28. The van der Waals surface area contributed by atoms with Crippen molar-refractivity contribution < 1.29 is 91.0 Å². The highest BCUT2D eigenvalue weighted by Crippen LogP contribution is 2.47. The molecule has 0 aliphatic heterocycles. The molecule has 0 bridgehead atoms. The number of hydrogen-bond acceptors (Lipinski definition) is 20. The maximum atomic E-state index is 14.8. The van der Waals surface area contributed by atoms with Crippen molar-refractivity contribution in [3.63, 3.8) is 0 Å². The first-order valence-electron chi connectivity index (χ1n) is 29.0. The van der Waals surface area contributed by atoms with Crippen LogP contribution >= 0.6 is 0 Å². The topological polar surface area (TPSA) is 276 Å². The summed E-state index contributed by atoms with van der Waals surface area (Å²) in [5.74, 6) is 1.46. The molecular formula is C64H60B2F6N10O14S2. The van der Waals surface area contributed by atoms with E-state index in [4.69, 9.17) is 37.7 Å². The van der Waals surface area contributed by atoms with Crippen molar-refractivity contribution in [2.75, 3.05) is 42.7 Å². The first-order chi connectivity index (χ1) is 46.9. The molecule has 10 rings (SSSR count). The zero-order valence-corrected chi connectivity index (χ0v) is 54.5. The second-order valence-electron chi connectivity index (χ2n) is 21.0. The molecule has 0 aliphatic carbocycles. The molecule has 98 heavy (non-hydrogen) atoms. The number of methoxy groups -OCH3 is 6. The third-order valence-corrected chi connectivity index (χ3v) is 18.6. The van der Waals surface area contributed by atoms with Gasteiger partial charge < -0.3 is 47.8 Å². The van der Waals surface area contributed by atoms with Crippen molar-refractivity contribution in [2.24, 2.45) is 0 Å². The van der Waals surface area contributed by atoms with Crippen molar-refractivity contribution in [3.05, 3.63) is 214 Å². The molecule has 0 spiro atoms. The number of hydrogen-bond donors (Lipinski definition) is 2. The molecule has 24 nitrogen and oxygen atoms in total. The zero-order chi connectivity index (χ0) is 70.4. The lowest BCUT2D eigenvalue weighted by Crippen LogP contribution is -2.32. The monoisotopic (exact) mass is 1390 g/mol. The summed E-state index contributed by atoms with van der Waals surface area (Å²) in [6, 6.07) is 42.2. The minimum atomic E-state index is -5.15. The molecule has 2 heterocycles. The largest absolute Gasteiger partial charge is 0.569 e. The van der Waals surface area contributed by atoms with Crippen LogP contribution in [0.15, 0.2) is 180 Å². The molecule has 0 saturated heterocycles. The Bertz CT molecular complexity index is 4430. The van der Waals surface area contributed by atoms with Gasteiger partial charge in [0.25, 0.3) is 0 Å². The van der Waals surface area contributed by atoms with Crippen molar-refractivity contribution in [1.29, 1.82) is 0 Å². The molecule has 0 amide bonds. The van der Waals surface area contributed by atoms with Crippen LogP contribution < -0.4 is 37.7 Å². The summed E-state index contributed by atoms with van der Waals surface area (Å²) in [6.07, 6.45) is -10.3. The maximum Gasteiger partial charge on any atom is 0.569 e. The number of halogens is 6. The Morgan fingerprint density at radius 2 is 0.735 bits per heavy atom. The summed E-state index contributed by atoms with van der Waals surface area (Å²) < 4.78 is 192.